The molecule has 0 saturated carbocycles. The van der Waals surface area contributed by atoms with E-state index < -0.39 is 10.1 Å². The molecule has 1 heterocycles. The van der Waals surface area contributed by atoms with E-state index in [1.54, 1.807) is 36.1 Å². The lowest BCUT2D eigenvalue weighted by Gasteiger charge is -2.30. The number of piperidine rings is 1. The SMILES string of the molecule is CCOC(=O)N1CCC(COS(=O)(=O)c2ccc(C)cc2)CC1. The van der Waals surface area contributed by atoms with Crippen LogP contribution in [0.4, 0.5) is 4.79 Å². The fourth-order valence-corrected chi connectivity index (χ4v) is 3.43. The summed E-state index contributed by atoms with van der Waals surface area (Å²) >= 11 is 0. The molecule has 0 N–H and O–H groups in total. The van der Waals surface area contributed by atoms with Gasteiger partial charge in [0.2, 0.25) is 0 Å². The summed E-state index contributed by atoms with van der Waals surface area (Å²) in [6, 6.07) is 6.59. The number of hydrogen-bond donors (Lipinski definition) is 0. The van der Waals surface area contributed by atoms with Crippen molar-refractivity contribution in [3.63, 3.8) is 0 Å². The first-order chi connectivity index (χ1) is 10.9. The smallest absolute Gasteiger partial charge is 0.409 e. The average molecular weight is 341 g/mol. The van der Waals surface area contributed by atoms with Gasteiger partial charge in [0.1, 0.15) is 0 Å². The number of benzene rings is 1. The Hall–Kier alpha value is -1.60. The maximum atomic E-state index is 12.1. The molecule has 2 rings (SSSR count). The average Bonchev–Trinajstić information content (AvgIpc) is 2.54. The molecule has 0 atom stereocenters. The molecule has 1 aromatic carbocycles. The van der Waals surface area contributed by atoms with Crippen molar-refractivity contribution in [2.24, 2.45) is 5.92 Å². The zero-order chi connectivity index (χ0) is 16.9. The highest BCUT2D eigenvalue weighted by atomic mass is 32.2. The van der Waals surface area contributed by atoms with E-state index in [1.165, 1.54) is 0 Å². The number of nitrogens with zero attached hydrogens (tertiary/aromatic N) is 1. The Morgan fingerprint density at radius 1 is 1.22 bits per heavy atom. The van der Waals surface area contributed by atoms with Gasteiger partial charge in [0.15, 0.2) is 0 Å². The Balaban J connectivity index is 1.83. The van der Waals surface area contributed by atoms with Crippen LogP contribution in [-0.4, -0.2) is 45.7 Å². The number of carbonyl (C=O) groups excluding carboxylic acids is 1. The summed E-state index contributed by atoms with van der Waals surface area (Å²) < 4.78 is 34.4. The fourth-order valence-electron chi connectivity index (χ4n) is 2.46. The molecule has 0 aliphatic carbocycles. The molecule has 0 unspecified atom stereocenters. The molecular weight excluding hydrogens is 318 g/mol. The van der Waals surface area contributed by atoms with Crippen molar-refractivity contribution in [2.75, 3.05) is 26.3 Å². The summed E-state index contributed by atoms with van der Waals surface area (Å²) in [4.78, 5) is 13.4. The minimum absolute atomic E-state index is 0.126. The van der Waals surface area contributed by atoms with E-state index in [4.69, 9.17) is 8.92 Å². The van der Waals surface area contributed by atoms with E-state index in [-0.39, 0.29) is 23.5 Å². The van der Waals surface area contributed by atoms with Crippen molar-refractivity contribution in [1.82, 2.24) is 4.90 Å². The van der Waals surface area contributed by atoms with Crippen LogP contribution in [0, 0.1) is 12.8 Å². The molecule has 1 aromatic rings. The number of rotatable bonds is 5. The number of likely N-dealkylation sites (tertiary alicyclic amines) is 1. The summed E-state index contributed by atoms with van der Waals surface area (Å²) in [6.07, 6.45) is 1.11. The van der Waals surface area contributed by atoms with E-state index in [0.29, 0.717) is 32.5 Å². The van der Waals surface area contributed by atoms with Gasteiger partial charge >= 0.3 is 6.09 Å². The van der Waals surface area contributed by atoms with Crippen LogP contribution >= 0.6 is 0 Å². The molecule has 6 nitrogen and oxygen atoms in total. The lowest BCUT2D eigenvalue weighted by molar-refractivity contribution is 0.0849. The summed E-state index contributed by atoms with van der Waals surface area (Å²) in [5.74, 6) is 0.126. The van der Waals surface area contributed by atoms with E-state index in [9.17, 15) is 13.2 Å². The summed E-state index contributed by atoms with van der Waals surface area (Å²) in [5, 5.41) is 0. The molecule has 1 amide bonds. The predicted molar refractivity (Wildman–Crippen MR) is 85.6 cm³/mol. The van der Waals surface area contributed by atoms with Crippen molar-refractivity contribution in [3.05, 3.63) is 29.8 Å². The van der Waals surface area contributed by atoms with Crippen LogP contribution in [0.2, 0.25) is 0 Å². The Morgan fingerprint density at radius 2 is 1.83 bits per heavy atom. The van der Waals surface area contributed by atoms with Gasteiger partial charge in [-0.1, -0.05) is 17.7 Å². The van der Waals surface area contributed by atoms with Crippen molar-refractivity contribution >= 4 is 16.2 Å². The maximum Gasteiger partial charge on any atom is 0.409 e. The van der Waals surface area contributed by atoms with Crippen molar-refractivity contribution < 1.29 is 22.1 Å². The van der Waals surface area contributed by atoms with Crippen molar-refractivity contribution in [2.45, 2.75) is 31.6 Å². The van der Waals surface area contributed by atoms with Gasteiger partial charge in [-0.15, -0.1) is 0 Å². The van der Waals surface area contributed by atoms with E-state index in [2.05, 4.69) is 0 Å². The summed E-state index contributed by atoms with van der Waals surface area (Å²) in [5.41, 5.74) is 0.996. The second-order valence-corrected chi connectivity index (χ2v) is 7.30. The van der Waals surface area contributed by atoms with Crippen LogP contribution in [0.3, 0.4) is 0 Å². The Bertz CT molecular complexity index is 618. The van der Waals surface area contributed by atoms with Gasteiger partial charge in [0.05, 0.1) is 18.1 Å². The van der Waals surface area contributed by atoms with Crippen LogP contribution in [-0.2, 0) is 19.0 Å². The largest absolute Gasteiger partial charge is 0.450 e. The zero-order valence-corrected chi connectivity index (χ0v) is 14.3. The first kappa shape index (κ1) is 17.7. The second-order valence-electron chi connectivity index (χ2n) is 5.68. The summed E-state index contributed by atoms with van der Waals surface area (Å²) in [7, 11) is -3.72. The highest BCUT2D eigenvalue weighted by Crippen LogP contribution is 2.21. The molecule has 0 bridgehead atoms. The molecule has 1 aliphatic rings. The fraction of sp³-hybridized carbons (Fsp3) is 0.562. The van der Waals surface area contributed by atoms with Gasteiger partial charge < -0.3 is 9.64 Å². The Kier molecular flexibility index (Phi) is 6.01. The van der Waals surface area contributed by atoms with Gasteiger partial charge in [0, 0.05) is 13.1 Å². The molecule has 0 spiro atoms. The zero-order valence-electron chi connectivity index (χ0n) is 13.5. The van der Waals surface area contributed by atoms with Crippen molar-refractivity contribution in [3.8, 4) is 0 Å². The van der Waals surface area contributed by atoms with Gasteiger partial charge in [-0.3, -0.25) is 4.18 Å². The van der Waals surface area contributed by atoms with Gasteiger partial charge in [0.25, 0.3) is 10.1 Å². The monoisotopic (exact) mass is 341 g/mol. The highest BCUT2D eigenvalue weighted by Gasteiger charge is 2.25. The lowest BCUT2D eigenvalue weighted by atomic mass is 9.98. The van der Waals surface area contributed by atoms with E-state index in [0.717, 1.165) is 5.56 Å². The maximum absolute atomic E-state index is 12.1. The standard InChI is InChI=1S/C16H23NO5S/c1-3-21-16(18)17-10-8-14(9-11-17)12-22-23(19,20)15-6-4-13(2)5-7-15/h4-7,14H,3,8-12H2,1-2H3. The molecule has 0 aromatic heterocycles. The third kappa shape index (κ3) is 4.94. The molecule has 1 aliphatic heterocycles. The van der Waals surface area contributed by atoms with Gasteiger partial charge in [-0.05, 0) is 44.7 Å². The lowest BCUT2D eigenvalue weighted by Crippen LogP contribution is -2.39. The highest BCUT2D eigenvalue weighted by molar-refractivity contribution is 7.86. The first-order valence-electron chi connectivity index (χ1n) is 7.80. The van der Waals surface area contributed by atoms with E-state index >= 15 is 0 Å². The third-order valence-corrected chi connectivity index (χ3v) is 5.20. The molecule has 128 valence electrons. The molecular formula is C16H23NO5S. The second kappa shape index (κ2) is 7.79. The number of ether oxygens (including phenoxy) is 1. The number of amides is 1. The van der Waals surface area contributed by atoms with Crippen LogP contribution in [0.15, 0.2) is 29.2 Å². The minimum Gasteiger partial charge on any atom is -0.450 e. The molecule has 1 saturated heterocycles. The number of hydrogen-bond acceptors (Lipinski definition) is 5. The van der Waals surface area contributed by atoms with Crippen LogP contribution in [0.25, 0.3) is 0 Å². The minimum atomic E-state index is -3.72. The Morgan fingerprint density at radius 3 is 2.39 bits per heavy atom. The Labute approximate surface area is 137 Å². The third-order valence-electron chi connectivity index (χ3n) is 3.91. The predicted octanol–water partition coefficient (Wildman–Crippen LogP) is 2.57. The van der Waals surface area contributed by atoms with Crippen LogP contribution in [0.5, 0.6) is 0 Å². The number of carbonyl (C=O) groups is 1. The normalized spacial score (nSPS) is 16.3. The van der Waals surface area contributed by atoms with E-state index in [1.807, 2.05) is 6.92 Å². The van der Waals surface area contributed by atoms with Crippen LogP contribution in [0.1, 0.15) is 25.3 Å². The quantitative estimate of drug-likeness (QED) is 0.770. The van der Waals surface area contributed by atoms with Gasteiger partial charge in [-0.2, -0.15) is 8.42 Å². The first-order valence-corrected chi connectivity index (χ1v) is 9.21. The van der Waals surface area contributed by atoms with Gasteiger partial charge in [-0.25, -0.2) is 4.79 Å². The topological polar surface area (TPSA) is 72.9 Å². The van der Waals surface area contributed by atoms with Crippen LogP contribution < -0.4 is 0 Å². The summed E-state index contributed by atoms with van der Waals surface area (Å²) in [6.45, 7) is 5.31. The molecule has 23 heavy (non-hydrogen) atoms. The molecule has 0 radical (unpaired) electrons. The molecule has 7 heteroatoms. The number of aryl methyl sites for hydroxylation is 1. The van der Waals surface area contributed by atoms with Crippen molar-refractivity contribution in [1.29, 1.82) is 0 Å². The molecule has 1 fully saturated rings.